The summed E-state index contributed by atoms with van der Waals surface area (Å²) in [5, 5.41) is 14.2. The van der Waals surface area contributed by atoms with Crippen molar-refractivity contribution in [3.63, 3.8) is 0 Å². The maximum Gasteiger partial charge on any atom is 0.203 e. The summed E-state index contributed by atoms with van der Waals surface area (Å²) < 4.78 is 28.6. The molecule has 29 heavy (non-hydrogen) atoms. The lowest BCUT2D eigenvalue weighted by atomic mass is 10.2. The number of methoxy groups -OCH3 is 2. The fraction of sp³-hybridized carbons (Fsp3) is 0.455. The summed E-state index contributed by atoms with van der Waals surface area (Å²) in [6.07, 6.45) is 0.424. The fourth-order valence-corrected chi connectivity index (χ4v) is 3.83. The first-order valence-electron chi connectivity index (χ1n) is 9.87. The number of hydrogen-bond donors (Lipinski definition) is 2. The Hall–Kier alpha value is -2.64. The van der Waals surface area contributed by atoms with Gasteiger partial charge in [0.25, 0.3) is 0 Å². The summed E-state index contributed by atoms with van der Waals surface area (Å²) in [6.45, 7) is 1.06. The Morgan fingerprint density at radius 3 is 2.45 bits per heavy atom. The van der Waals surface area contributed by atoms with Crippen molar-refractivity contribution >= 4 is 0 Å². The highest BCUT2D eigenvalue weighted by Crippen LogP contribution is 2.39. The molecule has 2 aliphatic rings. The van der Waals surface area contributed by atoms with Gasteiger partial charge in [0.2, 0.25) is 5.75 Å². The van der Waals surface area contributed by atoms with Crippen LogP contribution in [0.4, 0.5) is 0 Å². The monoisotopic (exact) mass is 401 g/mol. The van der Waals surface area contributed by atoms with Crippen molar-refractivity contribution in [3.05, 3.63) is 42.5 Å². The van der Waals surface area contributed by atoms with Crippen LogP contribution in [0.25, 0.3) is 0 Å². The predicted octanol–water partition coefficient (Wildman–Crippen LogP) is 2.40. The molecule has 2 aromatic rings. The van der Waals surface area contributed by atoms with E-state index in [1.807, 2.05) is 42.5 Å². The van der Waals surface area contributed by atoms with Crippen LogP contribution < -0.4 is 29.0 Å². The van der Waals surface area contributed by atoms with E-state index in [0.29, 0.717) is 30.4 Å². The number of para-hydroxylation sites is 3. The topological polar surface area (TPSA) is 78.4 Å². The maximum atomic E-state index is 10.8. The van der Waals surface area contributed by atoms with E-state index in [4.69, 9.17) is 23.7 Å². The van der Waals surface area contributed by atoms with Gasteiger partial charge in [-0.2, -0.15) is 0 Å². The first-order chi connectivity index (χ1) is 14.2. The molecule has 1 heterocycles. The standard InChI is InChI=1S/C22H27NO6/c1-25-19-8-5-9-20(26-2)22(19)29-18-11-10-15(21(18)24)23-12-14-13-27-16-6-3-4-7-17(16)28-14/h3-9,14-15,18,21,23-24H,10-13H2,1-2H3/t14?,15?,18-,21?/m1/s1. The van der Waals surface area contributed by atoms with Crippen molar-refractivity contribution in [1.29, 1.82) is 0 Å². The molecule has 1 aliphatic heterocycles. The van der Waals surface area contributed by atoms with Crippen LogP contribution >= 0.6 is 0 Å². The number of nitrogens with one attached hydrogen (secondary N) is 1. The molecular formula is C22H27NO6. The van der Waals surface area contributed by atoms with Gasteiger partial charge >= 0.3 is 0 Å². The van der Waals surface area contributed by atoms with Crippen LogP contribution in [0.2, 0.25) is 0 Å². The van der Waals surface area contributed by atoms with E-state index in [1.165, 1.54) is 0 Å². The number of hydrogen-bond acceptors (Lipinski definition) is 7. The lowest BCUT2D eigenvalue weighted by Crippen LogP contribution is -2.47. The molecule has 156 valence electrons. The van der Waals surface area contributed by atoms with E-state index in [2.05, 4.69) is 5.32 Å². The van der Waals surface area contributed by atoms with Gasteiger partial charge in [-0.05, 0) is 37.1 Å². The van der Waals surface area contributed by atoms with Crippen molar-refractivity contribution in [3.8, 4) is 28.7 Å². The second-order valence-corrected chi connectivity index (χ2v) is 7.23. The highest BCUT2D eigenvalue weighted by Gasteiger charge is 2.37. The number of ether oxygens (including phenoxy) is 5. The summed E-state index contributed by atoms with van der Waals surface area (Å²) in [5.41, 5.74) is 0. The van der Waals surface area contributed by atoms with Gasteiger partial charge in [0, 0.05) is 12.6 Å². The molecule has 4 rings (SSSR count). The second-order valence-electron chi connectivity index (χ2n) is 7.23. The molecule has 2 N–H and O–H groups in total. The molecule has 7 nitrogen and oxygen atoms in total. The Morgan fingerprint density at radius 2 is 1.72 bits per heavy atom. The smallest absolute Gasteiger partial charge is 0.203 e. The summed E-state index contributed by atoms with van der Waals surface area (Å²) in [4.78, 5) is 0. The molecule has 2 aromatic carbocycles. The highest BCUT2D eigenvalue weighted by molar-refractivity contribution is 5.51. The molecule has 1 saturated carbocycles. The van der Waals surface area contributed by atoms with E-state index in [1.54, 1.807) is 14.2 Å². The van der Waals surface area contributed by atoms with E-state index in [0.717, 1.165) is 24.3 Å². The molecule has 4 atom stereocenters. The Morgan fingerprint density at radius 1 is 1.00 bits per heavy atom. The van der Waals surface area contributed by atoms with Crippen molar-refractivity contribution in [2.24, 2.45) is 0 Å². The molecular weight excluding hydrogens is 374 g/mol. The number of fused-ring (bicyclic) bond motifs is 1. The van der Waals surface area contributed by atoms with Gasteiger partial charge < -0.3 is 34.1 Å². The first kappa shape index (κ1) is 19.7. The van der Waals surface area contributed by atoms with Crippen LogP contribution in [0, 0.1) is 0 Å². The molecule has 0 radical (unpaired) electrons. The molecule has 0 bridgehead atoms. The maximum absolute atomic E-state index is 10.8. The Labute approximate surface area is 170 Å². The molecule has 0 spiro atoms. The Balaban J connectivity index is 1.34. The Kier molecular flexibility index (Phi) is 5.97. The zero-order valence-corrected chi connectivity index (χ0v) is 16.7. The number of benzene rings is 2. The second kappa shape index (κ2) is 8.80. The minimum absolute atomic E-state index is 0.0820. The molecule has 3 unspecified atom stereocenters. The van der Waals surface area contributed by atoms with Crippen molar-refractivity contribution in [2.45, 2.75) is 37.2 Å². The van der Waals surface area contributed by atoms with E-state index in [-0.39, 0.29) is 18.2 Å². The molecule has 0 aromatic heterocycles. The van der Waals surface area contributed by atoms with E-state index in [9.17, 15) is 5.11 Å². The molecule has 7 heteroatoms. The van der Waals surface area contributed by atoms with Crippen LogP contribution in [0.15, 0.2) is 42.5 Å². The molecule has 1 aliphatic carbocycles. The zero-order valence-electron chi connectivity index (χ0n) is 16.7. The van der Waals surface area contributed by atoms with Gasteiger partial charge in [0.15, 0.2) is 23.0 Å². The number of aliphatic hydroxyl groups excluding tert-OH is 1. The van der Waals surface area contributed by atoms with Crippen LogP contribution in [0.3, 0.4) is 0 Å². The normalized spacial score (nSPS) is 25.5. The van der Waals surface area contributed by atoms with Crippen molar-refractivity contribution < 1.29 is 28.8 Å². The van der Waals surface area contributed by atoms with Crippen LogP contribution in [-0.2, 0) is 0 Å². The predicted molar refractivity (Wildman–Crippen MR) is 107 cm³/mol. The summed E-state index contributed by atoms with van der Waals surface area (Å²) >= 11 is 0. The van der Waals surface area contributed by atoms with Gasteiger partial charge in [-0.3, -0.25) is 0 Å². The first-order valence-corrected chi connectivity index (χ1v) is 9.87. The summed E-state index contributed by atoms with van der Waals surface area (Å²) in [7, 11) is 3.17. The minimum atomic E-state index is -0.651. The van der Waals surface area contributed by atoms with Gasteiger partial charge in [-0.1, -0.05) is 18.2 Å². The quantitative estimate of drug-likeness (QED) is 0.738. The summed E-state index contributed by atoms with van der Waals surface area (Å²) in [5.74, 6) is 3.20. The highest BCUT2D eigenvalue weighted by atomic mass is 16.6. The SMILES string of the molecule is COc1cccc(OC)c1O[C@@H]1CCC(NCC2COc3ccccc3O2)C1O. The van der Waals surface area contributed by atoms with Crippen molar-refractivity contribution in [1.82, 2.24) is 5.32 Å². The molecule has 0 amide bonds. The van der Waals surface area contributed by atoms with Crippen LogP contribution in [-0.4, -0.2) is 56.8 Å². The summed E-state index contributed by atoms with van der Waals surface area (Å²) in [6, 6.07) is 13.0. The molecule has 1 fully saturated rings. The lowest BCUT2D eigenvalue weighted by molar-refractivity contribution is 0.0361. The number of aliphatic hydroxyl groups is 1. The third-order valence-corrected chi connectivity index (χ3v) is 5.38. The van der Waals surface area contributed by atoms with Gasteiger partial charge in [-0.15, -0.1) is 0 Å². The van der Waals surface area contributed by atoms with Gasteiger partial charge in [0.1, 0.15) is 24.9 Å². The average molecular weight is 401 g/mol. The average Bonchev–Trinajstić information content (AvgIpc) is 3.11. The van der Waals surface area contributed by atoms with Crippen molar-refractivity contribution in [2.75, 3.05) is 27.4 Å². The van der Waals surface area contributed by atoms with Gasteiger partial charge in [0.05, 0.1) is 14.2 Å². The lowest BCUT2D eigenvalue weighted by Gasteiger charge is -2.28. The van der Waals surface area contributed by atoms with E-state index >= 15 is 0 Å². The van der Waals surface area contributed by atoms with Gasteiger partial charge in [-0.25, -0.2) is 0 Å². The van der Waals surface area contributed by atoms with E-state index < -0.39 is 6.10 Å². The Bertz CT molecular complexity index is 806. The fourth-order valence-electron chi connectivity index (χ4n) is 3.83. The van der Waals surface area contributed by atoms with Crippen LogP contribution in [0.5, 0.6) is 28.7 Å². The van der Waals surface area contributed by atoms with Crippen LogP contribution in [0.1, 0.15) is 12.8 Å². The third-order valence-electron chi connectivity index (χ3n) is 5.38. The zero-order chi connectivity index (χ0) is 20.2. The minimum Gasteiger partial charge on any atom is -0.493 e. The largest absolute Gasteiger partial charge is 0.493 e. The number of rotatable bonds is 7. The molecule has 0 saturated heterocycles. The third kappa shape index (κ3) is 4.21.